The van der Waals surface area contributed by atoms with E-state index in [4.69, 9.17) is 5.73 Å². The number of hydrogen-bond donors (Lipinski definition) is 1. The third kappa shape index (κ3) is 4.35. The number of rotatable bonds is 5. The number of hydrogen-bond acceptors (Lipinski definition) is 2. The lowest BCUT2D eigenvalue weighted by Crippen LogP contribution is -2.05. The van der Waals surface area contributed by atoms with Crippen LogP contribution in [0.4, 0.5) is 0 Å². The molecule has 0 aliphatic heterocycles. The predicted molar refractivity (Wildman–Crippen MR) is 54.7 cm³/mol. The second kappa shape index (κ2) is 6.59. The van der Waals surface area contributed by atoms with Gasteiger partial charge in [-0.1, -0.05) is 19.4 Å². The van der Waals surface area contributed by atoms with E-state index in [-0.39, 0.29) is 0 Å². The Kier molecular flexibility index (Phi) is 6.52. The van der Waals surface area contributed by atoms with Gasteiger partial charge in [0.15, 0.2) is 0 Å². The molecule has 2 N–H and O–H groups in total. The zero-order chi connectivity index (χ0) is 8.69. The summed E-state index contributed by atoms with van der Waals surface area (Å²) in [6.45, 7) is 6.52. The summed E-state index contributed by atoms with van der Waals surface area (Å²) in [6, 6.07) is 0. The Balaban J connectivity index is 3.75. The Morgan fingerprint density at radius 2 is 2.18 bits per heavy atom. The fraction of sp³-hybridized carbons (Fsp3) is 0.778. The second-order valence-electron chi connectivity index (χ2n) is 2.68. The van der Waals surface area contributed by atoms with E-state index in [0.29, 0.717) is 5.92 Å². The van der Waals surface area contributed by atoms with Crippen LogP contribution < -0.4 is 5.73 Å². The first-order valence-electron chi connectivity index (χ1n) is 4.22. The molecule has 0 aliphatic carbocycles. The maximum Gasteiger partial charge on any atom is -0.000144 e. The summed E-state index contributed by atoms with van der Waals surface area (Å²) < 4.78 is 0. The van der Waals surface area contributed by atoms with Crippen molar-refractivity contribution >= 4 is 11.8 Å². The molecule has 0 aromatic heterocycles. The van der Waals surface area contributed by atoms with Gasteiger partial charge < -0.3 is 5.73 Å². The van der Waals surface area contributed by atoms with E-state index in [2.05, 4.69) is 20.8 Å². The van der Waals surface area contributed by atoms with Crippen LogP contribution in [0.3, 0.4) is 0 Å². The van der Waals surface area contributed by atoms with Gasteiger partial charge in [0.1, 0.15) is 0 Å². The molecule has 0 radical (unpaired) electrons. The Morgan fingerprint density at radius 1 is 1.55 bits per heavy atom. The minimum atomic E-state index is 0.685. The zero-order valence-electron chi connectivity index (χ0n) is 7.76. The van der Waals surface area contributed by atoms with Gasteiger partial charge >= 0.3 is 0 Å². The fourth-order valence-corrected chi connectivity index (χ4v) is 1.99. The highest BCUT2D eigenvalue weighted by atomic mass is 32.2. The highest BCUT2D eigenvalue weighted by Gasteiger charge is 2.06. The second-order valence-corrected chi connectivity index (χ2v) is 3.99. The van der Waals surface area contributed by atoms with Crippen LogP contribution in [-0.4, -0.2) is 11.5 Å². The molecule has 0 saturated heterocycles. The van der Waals surface area contributed by atoms with Crippen molar-refractivity contribution in [2.75, 3.05) is 11.5 Å². The van der Waals surface area contributed by atoms with Gasteiger partial charge in [0.05, 0.1) is 0 Å². The summed E-state index contributed by atoms with van der Waals surface area (Å²) in [5, 5.41) is 0. The molecule has 2 heteroatoms. The van der Waals surface area contributed by atoms with Crippen molar-refractivity contribution in [3.05, 3.63) is 11.8 Å². The van der Waals surface area contributed by atoms with Crippen LogP contribution >= 0.6 is 11.8 Å². The largest absolute Gasteiger partial charge is 0.405 e. The summed E-state index contributed by atoms with van der Waals surface area (Å²) >= 11 is 1.99. The Bertz CT molecular complexity index is 121. The monoisotopic (exact) mass is 173 g/mol. The van der Waals surface area contributed by atoms with Crippen LogP contribution in [0.5, 0.6) is 0 Å². The first-order chi connectivity index (χ1) is 5.26. The topological polar surface area (TPSA) is 26.0 Å². The smallest absolute Gasteiger partial charge is 0.000144 e. The molecule has 0 aliphatic rings. The highest BCUT2D eigenvalue weighted by molar-refractivity contribution is 7.99. The molecule has 1 nitrogen and oxygen atoms in total. The molecule has 0 saturated carbocycles. The quantitative estimate of drug-likeness (QED) is 0.691. The fourth-order valence-electron chi connectivity index (χ4n) is 0.967. The third-order valence-corrected chi connectivity index (χ3v) is 2.97. The molecule has 66 valence electrons. The summed E-state index contributed by atoms with van der Waals surface area (Å²) in [7, 11) is 0. The molecule has 0 aromatic rings. The van der Waals surface area contributed by atoms with E-state index in [1.807, 2.05) is 11.8 Å². The van der Waals surface area contributed by atoms with Crippen molar-refractivity contribution in [1.82, 2.24) is 0 Å². The molecule has 0 heterocycles. The molecule has 0 fully saturated rings. The van der Waals surface area contributed by atoms with E-state index < -0.39 is 0 Å². The molecule has 0 spiro atoms. The van der Waals surface area contributed by atoms with Gasteiger partial charge in [0.2, 0.25) is 0 Å². The SMILES string of the molecule is CCSCC(CC)/C(C)=C/N. The van der Waals surface area contributed by atoms with Gasteiger partial charge in [-0.05, 0) is 37.0 Å². The molecular formula is C9H19NS. The Labute approximate surface area is 74.4 Å². The van der Waals surface area contributed by atoms with Crippen LogP contribution in [0.15, 0.2) is 11.8 Å². The predicted octanol–water partition coefficient (Wildman–Crippen LogP) is 2.63. The molecule has 0 bridgehead atoms. The van der Waals surface area contributed by atoms with E-state index in [1.165, 1.54) is 23.5 Å². The average Bonchev–Trinajstić information content (AvgIpc) is 2.05. The zero-order valence-corrected chi connectivity index (χ0v) is 8.58. The number of thioether (sulfide) groups is 1. The van der Waals surface area contributed by atoms with Crippen molar-refractivity contribution < 1.29 is 0 Å². The third-order valence-electron chi connectivity index (χ3n) is 1.92. The minimum absolute atomic E-state index is 0.685. The first-order valence-corrected chi connectivity index (χ1v) is 5.37. The van der Waals surface area contributed by atoms with Crippen LogP contribution in [-0.2, 0) is 0 Å². The van der Waals surface area contributed by atoms with E-state index in [0.717, 1.165) is 0 Å². The molecule has 1 unspecified atom stereocenters. The van der Waals surface area contributed by atoms with Crippen LogP contribution in [0.25, 0.3) is 0 Å². The van der Waals surface area contributed by atoms with Gasteiger partial charge in [0, 0.05) is 0 Å². The number of allylic oxidation sites excluding steroid dienone is 1. The molecule has 0 aromatic carbocycles. The van der Waals surface area contributed by atoms with Crippen LogP contribution in [0.1, 0.15) is 27.2 Å². The molecule has 0 rings (SSSR count). The van der Waals surface area contributed by atoms with Crippen molar-refractivity contribution in [3.63, 3.8) is 0 Å². The van der Waals surface area contributed by atoms with E-state index in [9.17, 15) is 0 Å². The Hall–Kier alpha value is -0.110. The van der Waals surface area contributed by atoms with Gasteiger partial charge in [-0.2, -0.15) is 11.8 Å². The maximum absolute atomic E-state index is 5.45. The van der Waals surface area contributed by atoms with Crippen molar-refractivity contribution in [2.24, 2.45) is 11.7 Å². The standard InChI is InChI=1S/C9H19NS/c1-4-9(7-11-5-2)8(3)6-10/h6,9H,4-5,7,10H2,1-3H3/b8-6+. The van der Waals surface area contributed by atoms with Crippen LogP contribution in [0, 0.1) is 5.92 Å². The first kappa shape index (κ1) is 10.9. The highest BCUT2D eigenvalue weighted by Crippen LogP contribution is 2.18. The lowest BCUT2D eigenvalue weighted by atomic mass is 10.0. The summed E-state index contributed by atoms with van der Waals surface area (Å²) in [6.07, 6.45) is 2.94. The molecular weight excluding hydrogens is 154 g/mol. The molecule has 11 heavy (non-hydrogen) atoms. The summed E-state index contributed by atoms with van der Waals surface area (Å²) in [4.78, 5) is 0. The minimum Gasteiger partial charge on any atom is -0.405 e. The average molecular weight is 173 g/mol. The van der Waals surface area contributed by atoms with Gasteiger partial charge in [-0.3, -0.25) is 0 Å². The molecule has 1 atom stereocenters. The van der Waals surface area contributed by atoms with Crippen LogP contribution in [0.2, 0.25) is 0 Å². The van der Waals surface area contributed by atoms with E-state index in [1.54, 1.807) is 6.20 Å². The lowest BCUT2D eigenvalue weighted by Gasteiger charge is -2.13. The van der Waals surface area contributed by atoms with Gasteiger partial charge in [-0.25, -0.2) is 0 Å². The normalized spacial score (nSPS) is 15.0. The van der Waals surface area contributed by atoms with Gasteiger partial charge in [0.25, 0.3) is 0 Å². The van der Waals surface area contributed by atoms with Crippen molar-refractivity contribution in [3.8, 4) is 0 Å². The lowest BCUT2D eigenvalue weighted by molar-refractivity contribution is 0.664. The summed E-state index contributed by atoms with van der Waals surface area (Å²) in [5.74, 6) is 3.10. The van der Waals surface area contributed by atoms with E-state index >= 15 is 0 Å². The van der Waals surface area contributed by atoms with Gasteiger partial charge in [-0.15, -0.1) is 0 Å². The van der Waals surface area contributed by atoms with Crippen molar-refractivity contribution in [1.29, 1.82) is 0 Å². The summed E-state index contributed by atoms with van der Waals surface area (Å²) in [5.41, 5.74) is 6.78. The number of nitrogens with two attached hydrogens (primary N) is 1. The molecule has 0 amide bonds. The maximum atomic E-state index is 5.45. The van der Waals surface area contributed by atoms with Crippen molar-refractivity contribution in [2.45, 2.75) is 27.2 Å². The Morgan fingerprint density at radius 3 is 2.55 bits per heavy atom.